The molecule has 0 aromatic carbocycles. The van der Waals surface area contributed by atoms with Crippen LogP contribution in [-0.4, -0.2) is 82.1 Å². The largest absolute Gasteiger partial charge is 0.395 e. The molecule has 1 aliphatic carbocycles. The Labute approximate surface area is 151 Å². The minimum absolute atomic E-state index is 0.210. The normalized spacial score (nSPS) is 37.3. The molecule has 1 aliphatic heterocycles. The third-order valence-corrected chi connectivity index (χ3v) is 5.87. The van der Waals surface area contributed by atoms with E-state index in [2.05, 4.69) is 6.92 Å². The molecule has 2 aliphatic rings. The molecule has 6 heteroatoms. The van der Waals surface area contributed by atoms with Gasteiger partial charge >= 0.3 is 0 Å². The second-order valence-electron chi connectivity index (χ2n) is 7.96. The molecule has 25 heavy (non-hydrogen) atoms. The third kappa shape index (κ3) is 6.45. The van der Waals surface area contributed by atoms with Crippen molar-refractivity contribution in [1.29, 1.82) is 0 Å². The van der Waals surface area contributed by atoms with Crippen molar-refractivity contribution in [1.82, 2.24) is 4.90 Å². The fourth-order valence-corrected chi connectivity index (χ4v) is 4.05. The maximum absolute atomic E-state index is 9.96. The molecular weight excluding hydrogens is 322 g/mol. The second kappa shape index (κ2) is 10.8. The van der Waals surface area contributed by atoms with Gasteiger partial charge in [-0.1, -0.05) is 19.8 Å². The number of aliphatic hydroxyl groups excluding tert-OH is 4. The van der Waals surface area contributed by atoms with Crippen LogP contribution in [0.3, 0.4) is 0 Å². The predicted molar refractivity (Wildman–Crippen MR) is 96.3 cm³/mol. The Hall–Kier alpha value is -0.240. The zero-order valence-corrected chi connectivity index (χ0v) is 15.6. The molecule has 1 saturated carbocycles. The number of ether oxygens (including phenoxy) is 1. The summed E-state index contributed by atoms with van der Waals surface area (Å²) >= 11 is 0. The Balaban J connectivity index is 1.53. The highest BCUT2D eigenvalue weighted by Gasteiger charge is 2.40. The van der Waals surface area contributed by atoms with E-state index in [1.54, 1.807) is 0 Å². The summed E-state index contributed by atoms with van der Waals surface area (Å²) in [5.41, 5.74) is 0. The van der Waals surface area contributed by atoms with E-state index in [9.17, 15) is 20.4 Å². The van der Waals surface area contributed by atoms with Crippen LogP contribution in [0.5, 0.6) is 0 Å². The molecule has 0 amide bonds. The van der Waals surface area contributed by atoms with E-state index in [0.29, 0.717) is 19.2 Å². The first-order valence-electron chi connectivity index (χ1n) is 10.0. The number of piperidine rings is 1. The molecule has 0 spiro atoms. The van der Waals surface area contributed by atoms with Crippen molar-refractivity contribution in [3.8, 4) is 0 Å². The number of β-amino-alcohol motifs (C(OH)–C–C–N with tert-alkyl or cyclic N) is 1. The second-order valence-corrected chi connectivity index (χ2v) is 7.96. The number of unbranched alkanes of at least 4 members (excludes halogenated alkanes) is 3. The van der Waals surface area contributed by atoms with Crippen molar-refractivity contribution in [3.05, 3.63) is 0 Å². The summed E-state index contributed by atoms with van der Waals surface area (Å²) < 4.78 is 5.96. The molecule has 0 radical (unpaired) electrons. The van der Waals surface area contributed by atoms with E-state index in [1.165, 1.54) is 25.7 Å². The first-order valence-corrected chi connectivity index (χ1v) is 10.0. The lowest BCUT2D eigenvalue weighted by molar-refractivity contribution is -0.145. The maximum Gasteiger partial charge on any atom is 0.109 e. The van der Waals surface area contributed by atoms with Crippen molar-refractivity contribution in [2.45, 2.75) is 88.7 Å². The van der Waals surface area contributed by atoms with E-state index in [1.807, 2.05) is 4.90 Å². The van der Waals surface area contributed by atoms with Gasteiger partial charge in [-0.05, 0) is 51.0 Å². The lowest BCUT2D eigenvalue weighted by Gasteiger charge is -2.43. The number of hydrogen-bond donors (Lipinski definition) is 4. The molecule has 0 unspecified atom stereocenters. The Morgan fingerprint density at radius 3 is 2.28 bits per heavy atom. The molecule has 148 valence electrons. The van der Waals surface area contributed by atoms with E-state index in [0.717, 1.165) is 38.2 Å². The van der Waals surface area contributed by atoms with Gasteiger partial charge in [-0.3, -0.25) is 4.90 Å². The van der Waals surface area contributed by atoms with Gasteiger partial charge < -0.3 is 25.2 Å². The molecule has 0 aromatic rings. The van der Waals surface area contributed by atoms with Gasteiger partial charge in [0.15, 0.2) is 0 Å². The molecule has 4 atom stereocenters. The fourth-order valence-electron chi connectivity index (χ4n) is 4.05. The van der Waals surface area contributed by atoms with Gasteiger partial charge in [-0.2, -0.15) is 0 Å². The number of rotatable bonds is 9. The van der Waals surface area contributed by atoms with Crippen LogP contribution < -0.4 is 0 Å². The summed E-state index contributed by atoms with van der Waals surface area (Å²) in [6.45, 7) is 3.96. The highest BCUT2D eigenvalue weighted by atomic mass is 16.5. The molecule has 1 heterocycles. The molecular formula is C19H37NO5. The molecule has 6 nitrogen and oxygen atoms in total. The van der Waals surface area contributed by atoms with Crippen LogP contribution in [0, 0.1) is 5.92 Å². The van der Waals surface area contributed by atoms with Gasteiger partial charge in [0.1, 0.15) is 12.2 Å². The highest BCUT2D eigenvalue weighted by molar-refractivity contribution is 4.93. The van der Waals surface area contributed by atoms with Crippen LogP contribution in [0.2, 0.25) is 0 Å². The Kier molecular flexibility index (Phi) is 9.10. The van der Waals surface area contributed by atoms with Gasteiger partial charge in [0.05, 0.1) is 24.9 Å². The molecule has 0 bridgehead atoms. The van der Waals surface area contributed by atoms with Crippen LogP contribution in [0.4, 0.5) is 0 Å². The summed E-state index contributed by atoms with van der Waals surface area (Å²) in [6.07, 6.45) is 6.42. The number of aliphatic hydroxyl groups is 4. The molecule has 2 fully saturated rings. The SMILES string of the molecule is CC1CCC(OCCCCCCN2C[C@H](O)[C@@H](O)[C@H](O)[C@H]2CO)CC1. The standard InChI is InChI=1S/C19H37NO5/c1-14-6-8-15(9-7-14)25-11-5-3-2-4-10-20-12-17(22)19(24)18(23)16(20)13-21/h14-19,21-24H,2-13H2,1H3/t14?,15?,16-,17+,18-,19-/m1/s1. The van der Waals surface area contributed by atoms with Crippen LogP contribution in [0.25, 0.3) is 0 Å². The van der Waals surface area contributed by atoms with Gasteiger partial charge in [0.2, 0.25) is 0 Å². The number of hydrogen-bond acceptors (Lipinski definition) is 6. The molecule has 0 aromatic heterocycles. The first kappa shape index (κ1) is 21.1. The average Bonchev–Trinajstić information content (AvgIpc) is 2.60. The van der Waals surface area contributed by atoms with E-state index in [-0.39, 0.29) is 6.61 Å². The Morgan fingerprint density at radius 2 is 1.60 bits per heavy atom. The van der Waals surface area contributed by atoms with Crippen LogP contribution >= 0.6 is 0 Å². The molecule has 1 saturated heterocycles. The Bertz CT molecular complexity index is 362. The summed E-state index contributed by atoms with van der Waals surface area (Å²) in [4.78, 5) is 1.89. The van der Waals surface area contributed by atoms with Crippen LogP contribution in [0.15, 0.2) is 0 Å². The molecule has 2 rings (SSSR count). The first-order chi connectivity index (χ1) is 12.0. The van der Waals surface area contributed by atoms with Gasteiger partial charge in [-0.25, -0.2) is 0 Å². The van der Waals surface area contributed by atoms with Gasteiger partial charge in [0.25, 0.3) is 0 Å². The fraction of sp³-hybridized carbons (Fsp3) is 1.00. The predicted octanol–water partition coefficient (Wildman–Crippen LogP) is 0.901. The van der Waals surface area contributed by atoms with E-state index >= 15 is 0 Å². The lowest BCUT2D eigenvalue weighted by Crippen LogP contribution is -2.62. The molecule has 4 N–H and O–H groups in total. The zero-order chi connectivity index (χ0) is 18.2. The van der Waals surface area contributed by atoms with Crippen molar-refractivity contribution in [2.24, 2.45) is 5.92 Å². The van der Waals surface area contributed by atoms with Crippen LogP contribution in [0.1, 0.15) is 58.3 Å². The minimum atomic E-state index is -1.17. The maximum atomic E-state index is 9.96. The summed E-state index contributed by atoms with van der Waals surface area (Å²) in [7, 11) is 0. The topological polar surface area (TPSA) is 93.4 Å². The summed E-state index contributed by atoms with van der Waals surface area (Å²) in [5, 5.41) is 38.9. The highest BCUT2D eigenvalue weighted by Crippen LogP contribution is 2.25. The zero-order valence-electron chi connectivity index (χ0n) is 15.6. The van der Waals surface area contributed by atoms with Crippen molar-refractivity contribution in [2.75, 3.05) is 26.3 Å². The van der Waals surface area contributed by atoms with Crippen LogP contribution in [-0.2, 0) is 4.74 Å². The van der Waals surface area contributed by atoms with Crippen molar-refractivity contribution >= 4 is 0 Å². The van der Waals surface area contributed by atoms with Gasteiger partial charge in [0, 0.05) is 13.2 Å². The van der Waals surface area contributed by atoms with Crippen molar-refractivity contribution in [3.63, 3.8) is 0 Å². The lowest BCUT2D eigenvalue weighted by atomic mass is 9.89. The smallest absolute Gasteiger partial charge is 0.109 e. The quantitative estimate of drug-likeness (QED) is 0.457. The summed E-state index contributed by atoms with van der Waals surface area (Å²) in [6, 6.07) is -0.490. The van der Waals surface area contributed by atoms with Crippen molar-refractivity contribution < 1.29 is 25.2 Å². The number of likely N-dealkylation sites (tertiary alicyclic amines) is 1. The van der Waals surface area contributed by atoms with Gasteiger partial charge in [-0.15, -0.1) is 0 Å². The monoisotopic (exact) mass is 359 g/mol. The minimum Gasteiger partial charge on any atom is -0.395 e. The third-order valence-electron chi connectivity index (χ3n) is 5.87. The van der Waals surface area contributed by atoms with E-state index in [4.69, 9.17) is 4.74 Å². The van der Waals surface area contributed by atoms with E-state index < -0.39 is 24.4 Å². The average molecular weight is 360 g/mol. The summed E-state index contributed by atoms with van der Waals surface area (Å²) in [5.74, 6) is 0.857. The number of nitrogens with zero attached hydrogens (tertiary/aromatic N) is 1. The Morgan fingerprint density at radius 1 is 0.920 bits per heavy atom.